The molecule has 12 heavy (non-hydrogen) atoms. The van der Waals surface area contributed by atoms with Crippen molar-refractivity contribution in [3.8, 4) is 0 Å². The van der Waals surface area contributed by atoms with Crippen LogP contribution in [0.2, 0.25) is 0 Å². The van der Waals surface area contributed by atoms with E-state index in [1.807, 2.05) is 6.07 Å². The van der Waals surface area contributed by atoms with Gasteiger partial charge in [0.05, 0.1) is 23.7 Å². The van der Waals surface area contributed by atoms with Crippen LogP contribution in [0, 0.1) is 0 Å². The highest BCUT2D eigenvalue weighted by atomic mass is 79.9. The van der Waals surface area contributed by atoms with Crippen molar-refractivity contribution in [2.24, 2.45) is 0 Å². The summed E-state index contributed by atoms with van der Waals surface area (Å²) in [5.74, 6) is 0. The zero-order chi connectivity index (χ0) is 8.55. The molecule has 2 heterocycles. The molecule has 0 unspecified atom stereocenters. The quantitative estimate of drug-likeness (QED) is 0.694. The first-order valence-corrected chi connectivity index (χ1v) is 4.17. The minimum absolute atomic E-state index is 0.594. The molecular weight excluding hydrogens is 220 g/mol. The number of fused-ring (bicyclic) bond motifs is 1. The smallest absolute Gasteiger partial charge is 0.166 e. The van der Waals surface area contributed by atoms with Crippen LogP contribution in [-0.4, -0.2) is 15.7 Å². The van der Waals surface area contributed by atoms with Gasteiger partial charge in [-0.1, -0.05) is 15.9 Å². The number of imidazole rings is 1. The van der Waals surface area contributed by atoms with E-state index in [1.165, 1.54) is 0 Å². The Hall–Kier alpha value is -1.16. The molecule has 0 aliphatic carbocycles. The van der Waals surface area contributed by atoms with E-state index >= 15 is 0 Å². The highest BCUT2D eigenvalue weighted by molar-refractivity contribution is 9.10. The third-order valence-electron chi connectivity index (χ3n) is 1.64. The van der Waals surface area contributed by atoms with Crippen LogP contribution in [0.4, 0.5) is 0 Å². The lowest BCUT2D eigenvalue weighted by Crippen LogP contribution is -1.92. The molecule has 3 nitrogen and oxygen atoms in total. The van der Waals surface area contributed by atoms with E-state index in [4.69, 9.17) is 0 Å². The minimum Gasteiger partial charge on any atom is -0.296 e. The van der Waals surface area contributed by atoms with Gasteiger partial charge in [-0.3, -0.25) is 9.20 Å². The molecule has 2 aromatic heterocycles. The Morgan fingerprint density at radius 2 is 2.33 bits per heavy atom. The van der Waals surface area contributed by atoms with E-state index in [0.717, 1.165) is 16.3 Å². The van der Waals surface area contributed by atoms with Crippen molar-refractivity contribution in [3.63, 3.8) is 0 Å². The Balaban J connectivity index is 2.88. The lowest BCUT2D eigenvalue weighted by Gasteiger charge is -1.98. The molecule has 4 heteroatoms. The van der Waals surface area contributed by atoms with Crippen LogP contribution in [0.15, 0.2) is 29.1 Å². The summed E-state index contributed by atoms with van der Waals surface area (Å²) in [6.07, 6.45) is 4.13. The van der Waals surface area contributed by atoms with Crippen molar-refractivity contribution < 1.29 is 4.79 Å². The van der Waals surface area contributed by atoms with E-state index in [-0.39, 0.29) is 0 Å². The van der Waals surface area contributed by atoms with Crippen LogP contribution >= 0.6 is 15.9 Å². The highest BCUT2D eigenvalue weighted by Gasteiger charge is 2.00. The summed E-state index contributed by atoms with van der Waals surface area (Å²) in [6.45, 7) is 0. The number of aromatic nitrogens is 2. The molecule has 0 atom stereocenters. The summed E-state index contributed by atoms with van der Waals surface area (Å²) in [5, 5.41) is 0. The summed E-state index contributed by atoms with van der Waals surface area (Å²) in [4.78, 5) is 14.5. The van der Waals surface area contributed by atoms with Crippen LogP contribution in [0.25, 0.3) is 5.52 Å². The van der Waals surface area contributed by atoms with Crippen LogP contribution in [-0.2, 0) is 0 Å². The first-order valence-electron chi connectivity index (χ1n) is 3.38. The topological polar surface area (TPSA) is 34.4 Å². The predicted molar refractivity (Wildman–Crippen MR) is 48.3 cm³/mol. The Morgan fingerprint density at radius 3 is 3.08 bits per heavy atom. The maximum absolute atomic E-state index is 10.6. The molecule has 0 aliphatic rings. The third-order valence-corrected chi connectivity index (χ3v) is 2.10. The maximum atomic E-state index is 10.6. The van der Waals surface area contributed by atoms with Crippen LogP contribution in [0.3, 0.4) is 0 Å². The molecule has 0 aliphatic heterocycles. The fraction of sp³-hybridized carbons (Fsp3) is 0. The Labute approximate surface area is 77.2 Å². The summed E-state index contributed by atoms with van der Waals surface area (Å²) >= 11 is 3.31. The molecule has 0 radical (unpaired) electrons. The van der Waals surface area contributed by atoms with Crippen molar-refractivity contribution in [2.45, 2.75) is 0 Å². The van der Waals surface area contributed by atoms with E-state index < -0.39 is 0 Å². The number of nitrogens with zero attached hydrogens (tertiary/aromatic N) is 2. The predicted octanol–water partition coefficient (Wildman–Crippen LogP) is 1.91. The fourth-order valence-electron chi connectivity index (χ4n) is 1.11. The van der Waals surface area contributed by atoms with E-state index in [9.17, 15) is 4.79 Å². The molecule has 0 saturated carbocycles. The van der Waals surface area contributed by atoms with Gasteiger partial charge in [-0.2, -0.15) is 0 Å². The van der Waals surface area contributed by atoms with Crippen molar-refractivity contribution in [1.29, 1.82) is 0 Å². The number of hydrogen-bond acceptors (Lipinski definition) is 2. The van der Waals surface area contributed by atoms with Gasteiger partial charge < -0.3 is 0 Å². The molecule has 0 bridgehead atoms. The van der Waals surface area contributed by atoms with Gasteiger partial charge in [0, 0.05) is 4.47 Å². The number of hydrogen-bond donors (Lipinski definition) is 0. The second kappa shape index (κ2) is 2.71. The number of carbonyl (C=O) groups excluding carboxylic acids is 1. The van der Waals surface area contributed by atoms with Gasteiger partial charge in [0.2, 0.25) is 0 Å². The van der Waals surface area contributed by atoms with Crippen molar-refractivity contribution in [3.05, 3.63) is 34.8 Å². The van der Waals surface area contributed by atoms with Gasteiger partial charge in [-0.05, 0) is 12.1 Å². The average Bonchev–Trinajstić information content (AvgIpc) is 2.50. The zero-order valence-electron chi connectivity index (χ0n) is 6.07. The van der Waals surface area contributed by atoms with Gasteiger partial charge in [-0.25, -0.2) is 4.98 Å². The fourth-order valence-corrected chi connectivity index (χ4v) is 1.58. The lowest BCUT2D eigenvalue weighted by atomic mass is 10.3. The Morgan fingerprint density at radius 1 is 1.50 bits per heavy atom. The summed E-state index contributed by atoms with van der Waals surface area (Å²) < 4.78 is 2.62. The van der Waals surface area contributed by atoms with Gasteiger partial charge in [0.15, 0.2) is 6.29 Å². The van der Waals surface area contributed by atoms with Crippen molar-refractivity contribution >= 4 is 27.7 Å². The molecule has 0 spiro atoms. The van der Waals surface area contributed by atoms with E-state index in [0.29, 0.717) is 5.69 Å². The monoisotopic (exact) mass is 224 g/mol. The maximum Gasteiger partial charge on any atom is 0.166 e. The van der Waals surface area contributed by atoms with Gasteiger partial charge in [0.1, 0.15) is 0 Å². The first kappa shape index (κ1) is 7.49. The Kier molecular flexibility index (Phi) is 1.69. The lowest BCUT2D eigenvalue weighted by molar-refractivity contribution is 0.111. The van der Waals surface area contributed by atoms with Crippen LogP contribution in [0.1, 0.15) is 10.5 Å². The first-order chi connectivity index (χ1) is 5.81. The number of carbonyl (C=O) groups is 1. The third kappa shape index (κ3) is 1.04. The number of halogens is 1. The second-order valence-electron chi connectivity index (χ2n) is 2.40. The van der Waals surface area contributed by atoms with E-state index in [1.54, 1.807) is 23.0 Å². The average molecular weight is 225 g/mol. The Bertz CT molecular complexity index is 436. The molecule has 0 N–H and O–H groups in total. The SMILES string of the molecule is O=Cc1cc(Br)cc2cncn12. The molecule has 0 saturated heterocycles. The summed E-state index contributed by atoms with van der Waals surface area (Å²) in [5.41, 5.74) is 1.50. The molecule has 60 valence electrons. The molecule has 0 fully saturated rings. The van der Waals surface area contributed by atoms with Gasteiger partial charge in [-0.15, -0.1) is 0 Å². The largest absolute Gasteiger partial charge is 0.296 e. The molecular formula is C8H5BrN2O. The van der Waals surface area contributed by atoms with Gasteiger partial charge >= 0.3 is 0 Å². The minimum atomic E-state index is 0.594. The molecule has 0 aromatic carbocycles. The van der Waals surface area contributed by atoms with Crippen LogP contribution < -0.4 is 0 Å². The van der Waals surface area contributed by atoms with Gasteiger partial charge in [0.25, 0.3) is 0 Å². The van der Waals surface area contributed by atoms with Crippen LogP contribution in [0.5, 0.6) is 0 Å². The normalized spacial score (nSPS) is 10.4. The highest BCUT2D eigenvalue weighted by Crippen LogP contribution is 2.15. The second-order valence-corrected chi connectivity index (χ2v) is 3.32. The van der Waals surface area contributed by atoms with E-state index in [2.05, 4.69) is 20.9 Å². The van der Waals surface area contributed by atoms with Crippen molar-refractivity contribution in [2.75, 3.05) is 0 Å². The number of pyridine rings is 1. The molecule has 2 rings (SSSR count). The molecule has 0 amide bonds. The summed E-state index contributed by atoms with van der Waals surface area (Å²) in [7, 11) is 0. The zero-order valence-corrected chi connectivity index (χ0v) is 7.65. The molecule has 2 aromatic rings. The number of rotatable bonds is 1. The van der Waals surface area contributed by atoms with Crippen molar-refractivity contribution in [1.82, 2.24) is 9.38 Å². The summed E-state index contributed by atoms with van der Waals surface area (Å²) in [6, 6.07) is 3.65. The standard InChI is InChI=1S/C8H5BrN2O/c9-6-1-7-3-10-5-11(7)8(2-6)4-12/h1-5H. The number of aldehydes is 1.